The fourth-order valence-electron chi connectivity index (χ4n) is 1.85. The molecule has 0 bridgehead atoms. The molecule has 0 saturated carbocycles. The third-order valence-corrected chi connectivity index (χ3v) is 3.21. The number of nitro groups is 1. The van der Waals surface area contributed by atoms with Gasteiger partial charge >= 0.3 is 11.8 Å². The average molecular weight is 381 g/mol. The van der Waals surface area contributed by atoms with Gasteiger partial charge in [-0.15, -0.1) is 5.10 Å². The van der Waals surface area contributed by atoms with Crippen LogP contribution in [0.4, 0.5) is 5.82 Å². The van der Waals surface area contributed by atoms with Crippen molar-refractivity contribution in [1.82, 2.24) is 20.8 Å². The number of aromatic nitrogens is 2. The minimum absolute atomic E-state index is 0.273. The number of hydrogen-bond donors (Lipinski definition) is 5. The number of ether oxygens (including phenoxy) is 1. The SMILES string of the molecule is COC(=O)/C(N)=C/C(=N)NC(=O)C(NC(=O)c1cc([N+](=O)[O-])[nH]n1)C(C)C. The second-order valence-corrected chi connectivity index (χ2v) is 5.58. The molecule has 1 aromatic rings. The van der Waals surface area contributed by atoms with Crippen LogP contribution in [0.25, 0.3) is 0 Å². The van der Waals surface area contributed by atoms with Crippen molar-refractivity contribution < 1.29 is 24.0 Å². The number of amides is 2. The molecule has 1 atom stereocenters. The Morgan fingerprint density at radius 2 is 2.07 bits per heavy atom. The lowest BCUT2D eigenvalue weighted by Crippen LogP contribution is -2.51. The molecule has 1 rings (SSSR count). The smallest absolute Gasteiger partial charge is 0.354 e. The summed E-state index contributed by atoms with van der Waals surface area (Å²) in [6.07, 6.45) is 0.889. The van der Waals surface area contributed by atoms with Gasteiger partial charge in [0.05, 0.1) is 13.2 Å². The van der Waals surface area contributed by atoms with Crippen LogP contribution in [0.15, 0.2) is 17.8 Å². The number of H-pyrrole nitrogens is 1. The number of carbonyl (C=O) groups excluding carboxylic acids is 3. The van der Waals surface area contributed by atoms with Crippen LogP contribution in [0.5, 0.6) is 0 Å². The quantitative estimate of drug-likeness (QED) is 0.100. The monoisotopic (exact) mass is 381 g/mol. The van der Waals surface area contributed by atoms with Crippen LogP contribution in [-0.2, 0) is 14.3 Å². The van der Waals surface area contributed by atoms with Crippen LogP contribution in [0, 0.1) is 21.4 Å². The molecule has 0 fully saturated rings. The molecule has 0 aliphatic rings. The Bertz CT molecular complexity index is 798. The van der Waals surface area contributed by atoms with Crippen molar-refractivity contribution in [2.45, 2.75) is 19.9 Å². The van der Waals surface area contributed by atoms with Gasteiger partial charge in [0.2, 0.25) is 5.91 Å². The first-order valence-electron chi connectivity index (χ1n) is 7.52. The maximum atomic E-state index is 12.3. The molecule has 0 aliphatic heterocycles. The normalized spacial score (nSPS) is 12.2. The molecule has 2 amide bonds. The van der Waals surface area contributed by atoms with E-state index in [1.54, 1.807) is 13.8 Å². The number of amidine groups is 1. The number of hydrogen-bond acceptors (Lipinski definition) is 9. The molecule has 1 aromatic heterocycles. The molecule has 0 spiro atoms. The number of nitrogens with two attached hydrogens (primary N) is 1. The second-order valence-electron chi connectivity index (χ2n) is 5.58. The first-order chi connectivity index (χ1) is 12.6. The molecule has 13 nitrogen and oxygen atoms in total. The minimum Gasteiger partial charge on any atom is -0.464 e. The van der Waals surface area contributed by atoms with Crippen LogP contribution >= 0.6 is 0 Å². The van der Waals surface area contributed by atoms with Crippen molar-refractivity contribution in [2.24, 2.45) is 11.7 Å². The molecule has 1 unspecified atom stereocenters. The number of aromatic amines is 1. The molecule has 6 N–H and O–H groups in total. The molecule has 0 aromatic carbocycles. The van der Waals surface area contributed by atoms with Crippen LogP contribution in [0.3, 0.4) is 0 Å². The number of nitrogens with zero attached hydrogens (tertiary/aromatic N) is 2. The van der Waals surface area contributed by atoms with Crippen molar-refractivity contribution in [3.8, 4) is 0 Å². The zero-order chi connectivity index (χ0) is 20.7. The number of methoxy groups -OCH3 is 1. The lowest BCUT2D eigenvalue weighted by Gasteiger charge is -2.20. The Balaban J connectivity index is 2.83. The lowest BCUT2D eigenvalue weighted by atomic mass is 10.0. The first-order valence-corrected chi connectivity index (χ1v) is 7.52. The van der Waals surface area contributed by atoms with Gasteiger partial charge in [0.15, 0.2) is 5.69 Å². The summed E-state index contributed by atoms with van der Waals surface area (Å²) in [6.45, 7) is 3.28. The summed E-state index contributed by atoms with van der Waals surface area (Å²) in [4.78, 5) is 45.5. The topological polar surface area (TPSA) is 206 Å². The van der Waals surface area contributed by atoms with Crippen LogP contribution in [-0.4, -0.2) is 51.9 Å². The first kappa shape index (κ1) is 21.3. The van der Waals surface area contributed by atoms with Gasteiger partial charge in [-0.1, -0.05) is 18.9 Å². The summed E-state index contributed by atoms with van der Waals surface area (Å²) >= 11 is 0. The van der Waals surface area contributed by atoms with E-state index >= 15 is 0 Å². The van der Waals surface area contributed by atoms with E-state index in [0.29, 0.717) is 0 Å². The summed E-state index contributed by atoms with van der Waals surface area (Å²) in [7, 11) is 1.11. The van der Waals surface area contributed by atoms with Crippen LogP contribution < -0.4 is 16.4 Å². The van der Waals surface area contributed by atoms with Crippen LogP contribution in [0.1, 0.15) is 24.3 Å². The summed E-state index contributed by atoms with van der Waals surface area (Å²) in [6, 6.07) is -0.159. The van der Waals surface area contributed by atoms with Gasteiger partial charge in [0.1, 0.15) is 17.6 Å². The zero-order valence-electron chi connectivity index (χ0n) is 14.7. The van der Waals surface area contributed by atoms with E-state index in [2.05, 4.69) is 25.6 Å². The van der Waals surface area contributed by atoms with Gasteiger partial charge in [0, 0.05) is 6.08 Å². The van der Waals surface area contributed by atoms with Gasteiger partial charge in [-0.25, -0.2) is 4.79 Å². The largest absolute Gasteiger partial charge is 0.464 e. The maximum Gasteiger partial charge on any atom is 0.354 e. The third-order valence-electron chi connectivity index (χ3n) is 3.21. The predicted molar refractivity (Wildman–Crippen MR) is 91.5 cm³/mol. The van der Waals surface area contributed by atoms with E-state index in [-0.39, 0.29) is 5.69 Å². The van der Waals surface area contributed by atoms with Crippen molar-refractivity contribution in [1.29, 1.82) is 5.41 Å². The highest BCUT2D eigenvalue weighted by Crippen LogP contribution is 2.09. The summed E-state index contributed by atoms with van der Waals surface area (Å²) in [5.74, 6) is -3.79. The second kappa shape index (κ2) is 9.07. The minimum atomic E-state index is -1.08. The fraction of sp³-hybridized carbons (Fsp3) is 0.357. The zero-order valence-corrected chi connectivity index (χ0v) is 14.7. The number of carbonyl (C=O) groups is 3. The molecular formula is C14H19N7O6. The molecule has 0 aliphatic carbocycles. The lowest BCUT2D eigenvalue weighted by molar-refractivity contribution is -0.389. The maximum absolute atomic E-state index is 12.3. The highest BCUT2D eigenvalue weighted by molar-refractivity contribution is 6.08. The van der Waals surface area contributed by atoms with Crippen molar-refractivity contribution in [3.63, 3.8) is 0 Å². The standard InChI is InChI=1S/C14H19N7O6/c1-6(2)11(13(23)17-9(16)4-7(15)14(24)27-3)18-12(22)8-5-10(20-19-8)21(25)26/h4-6,11H,15H2,1-3H3,(H,18,22)(H,19,20)(H2,16,17,23)/b7-4-. The van der Waals surface area contributed by atoms with Crippen LogP contribution in [0.2, 0.25) is 0 Å². The van der Waals surface area contributed by atoms with Gasteiger partial charge < -0.3 is 31.2 Å². The summed E-state index contributed by atoms with van der Waals surface area (Å²) in [5.41, 5.74) is 4.72. The number of esters is 1. The Kier molecular flexibility index (Phi) is 7.15. The Morgan fingerprint density at radius 1 is 1.44 bits per heavy atom. The average Bonchev–Trinajstić information content (AvgIpc) is 3.08. The Hall–Kier alpha value is -3.77. The Morgan fingerprint density at radius 3 is 2.56 bits per heavy atom. The Labute approximate surface area is 153 Å². The van der Waals surface area contributed by atoms with Gasteiger partial charge in [-0.3, -0.25) is 15.0 Å². The molecule has 0 radical (unpaired) electrons. The molecular weight excluding hydrogens is 362 g/mol. The van der Waals surface area contributed by atoms with Gasteiger partial charge in [-0.05, 0) is 10.8 Å². The van der Waals surface area contributed by atoms with E-state index in [0.717, 1.165) is 19.3 Å². The molecule has 13 heteroatoms. The van der Waals surface area contributed by atoms with Gasteiger partial charge in [-0.2, -0.15) is 0 Å². The number of rotatable bonds is 7. The molecule has 1 heterocycles. The number of nitrogens with one attached hydrogen (secondary N) is 4. The van der Waals surface area contributed by atoms with E-state index < -0.39 is 52.0 Å². The summed E-state index contributed by atoms with van der Waals surface area (Å²) in [5, 5.41) is 28.4. The van der Waals surface area contributed by atoms with Gasteiger partial charge in [0.25, 0.3) is 5.91 Å². The fourth-order valence-corrected chi connectivity index (χ4v) is 1.85. The van der Waals surface area contributed by atoms with Crippen molar-refractivity contribution in [3.05, 3.63) is 33.6 Å². The molecule has 146 valence electrons. The van der Waals surface area contributed by atoms with Crippen molar-refractivity contribution >= 4 is 29.4 Å². The van der Waals surface area contributed by atoms with E-state index in [1.807, 2.05) is 0 Å². The predicted octanol–water partition coefficient (Wildman–Crippen LogP) is -0.819. The highest BCUT2D eigenvalue weighted by Gasteiger charge is 2.27. The molecule has 27 heavy (non-hydrogen) atoms. The van der Waals surface area contributed by atoms with E-state index in [1.165, 1.54) is 0 Å². The molecule has 0 saturated heterocycles. The van der Waals surface area contributed by atoms with E-state index in [9.17, 15) is 24.5 Å². The summed E-state index contributed by atoms with van der Waals surface area (Å²) < 4.78 is 4.37. The third kappa shape index (κ3) is 5.91. The van der Waals surface area contributed by atoms with E-state index in [4.69, 9.17) is 11.1 Å². The van der Waals surface area contributed by atoms with Crippen molar-refractivity contribution in [2.75, 3.05) is 7.11 Å². The highest BCUT2D eigenvalue weighted by atomic mass is 16.6.